The lowest BCUT2D eigenvalue weighted by molar-refractivity contribution is 0.443. The first kappa shape index (κ1) is 34.1. The van der Waals surface area contributed by atoms with Crippen LogP contribution in [-0.4, -0.2) is 0 Å². The zero-order valence-electron chi connectivity index (χ0n) is 31.2. The van der Waals surface area contributed by atoms with Gasteiger partial charge in [0.05, 0.1) is 5.69 Å². The zero-order chi connectivity index (χ0) is 36.5. The number of benzene rings is 7. The smallest absolute Gasteiger partial charge is 0.0554 e. The van der Waals surface area contributed by atoms with Crippen LogP contribution in [0.15, 0.2) is 176 Å². The van der Waals surface area contributed by atoms with Gasteiger partial charge >= 0.3 is 0 Å². The summed E-state index contributed by atoms with van der Waals surface area (Å²) in [7, 11) is 0. The first-order valence-electron chi connectivity index (χ1n) is 19.5. The number of rotatable bonds is 9. The van der Waals surface area contributed by atoms with E-state index in [4.69, 9.17) is 0 Å². The van der Waals surface area contributed by atoms with Gasteiger partial charge in [0.15, 0.2) is 0 Å². The van der Waals surface area contributed by atoms with Crippen LogP contribution in [0.25, 0.3) is 20.2 Å². The molecular weight excluding hydrogens is 673 g/mol. The van der Waals surface area contributed by atoms with Gasteiger partial charge in [-0.25, -0.2) is 0 Å². The summed E-state index contributed by atoms with van der Waals surface area (Å²) in [5, 5.41) is 2.61. The monoisotopic (exact) mass is 718 g/mol. The number of thiophene rings is 1. The van der Waals surface area contributed by atoms with Gasteiger partial charge in [0.2, 0.25) is 0 Å². The number of hydrogen-bond donors (Lipinski definition) is 0. The SMILES string of the molecule is CC(C)(c1ccc(N(c2ccccc2)c2ccc(C3CCCCC3)cc2)cc1)c1ccc(N(c2ccccc2)c2cccc3sc4ccccc4c23)cc1. The molecular formula is C51H46N2S. The minimum Gasteiger partial charge on any atom is -0.311 e. The molecule has 0 spiro atoms. The van der Waals surface area contributed by atoms with Gasteiger partial charge in [0, 0.05) is 54.0 Å². The number of hydrogen-bond acceptors (Lipinski definition) is 3. The predicted molar refractivity (Wildman–Crippen MR) is 233 cm³/mol. The van der Waals surface area contributed by atoms with E-state index in [2.05, 4.69) is 200 Å². The Morgan fingerprint density at radius 1 is 0.444 bits per heavy atom. The van der Waals surface area contributed by atoms with Gasteiger partial charge in [-0.1, -0.05) is 130 Å². The van der Waals surface area contributed by atoms with Crippen LogP contribution in [0.2, 0.25) is 0 Å². The molecule has 1 saturated carbocycles. The fourth-order valence-electron chi connectivity index (χ4n) is 8.52. The fraction of sp³-hybridized carbons (Fsp3) is 0.176. The van der Waals surface area contributed by atoms with Gasteiger partial charge in [-0.3, -0.25) is 0 Å². The molecule has 0 bridgehead atoms. The van der Waals surface area contributed by atoms with Crippen molar-refractivity contribution in [2.24, 2.45) is 0 Å². The van der Waals surface area contributed by atoms with Gasteiger partial charge in [0.1, 0.15) is 0 Å². The first-order valence-corrected chi connectivity index (χ1v) is 20.3. The third kappa shape index (κ3) is 6.48. The molecule has 1 aromatic heterocycles. The summed E-state index contributed by atoms with van der Waals surface area (Å²) in [6.07, 6.45) is 6.72. The lowest BCUT2D eigenvalue weighted by Crippen LogP contribution is -2.19. The molecule has 8 aromatic rings. The summed E-state index contributed by atoms with van der Waals surface area (Å²) in [6.45, 7) is 4.67. The van der Waals surface area contributed by atoms with Crippen molar-refractivity contribution in [3.63, 3.8) is 0 Å². The predicted octanol–water partition coefficient (Wildman–Crippen LogP) is 15.4. The van der Waals surface area contributed by atoms with Gasteiger partial charge in [-0.15, -0.1) is 11.3 Å². The molecule has 54 heavy (non-hydrogen) atoms. The summed E-state index contributed by atoms with van der Waals surface area (Å²) in [5.74, 6) is 0.700. The van der Waals surface area contributed by atoms with Crippen LogP contribution in [0, 0.1) is 0 Å². The lowest BCUT2D eigenvalue weighted by Gasteiger charge is -2.30. The van der Waals surface area contributed by atoms with Gasteiger partial charge in [0.25, 0.3) is 0 Å². The van der Waals surface area contributed by atoms with Crippen molar-refractivity contribution < 1.29 is 0 Å². The van der Waals surface area contributed by atoms with E-state index in [0.717, 1.165) is 17.1 Å². The van der Waals surface area contributed by atoms with Gasteiger partial charge < -0.3 is 9.80 Å². The molecule has 0 amide bonds. The molecule has 2 nitrogen and oxygen atoms in total. The maximum Gasteiger partial charge on any atom is 0.0554 e. The van der Waals surface area contributed by atoms with Crippen LogP contribution in [-0.2, 0) is 5.41 Å². The van der Waals surface area contributed by atoms with Crippen molar-refractivity contribution in [3.8, 4) is 0 Å². The molecule has 1 fully saturated rings. The summed E-state index contributed by atoms with van der Waals surface area (Å²) in [6, 6.07) is 64.7. The lowest BCUT2D eigenvalue weighted by atomic mass is 9.78. The van der Waals surface area contributed by atoms with Crippen molar-refractivity contribution >= 4 is 65.6 Å². The Kier molecular flexibility index (Phi) is 9.26. The molecule has 3 heteroatoms. The van der Waals surface area contributed by atoms with E-state index in [-0.39, 0.29) is 5.41 Å². The second-order valence-electron chi connectivity index (χ2n) is 15.2. The molecule has 0 saturated heterocycles. The Bertz CT molecular complexity index is 2480. The van der Waals surface area contributed by atoms with Crippen molar-refractivity contribution in [3.05, 3.63) is 193 Å². The standard InChI is InChI=1S/C51H46N2S/c1-51(2,39-27-33-44(34-28-39)52(41-17-8-4-9-18-41)43-31-25-38(26-32-43)37-15-6-3-7-16-37)40-29-35-45(36-30-40)53(42-19-10-5-11-20-42)47-22-14-24-49-50(47)46-21-12-13-23-48(46)54-49/h4-5,8-14,17-37H,3,6-7,15-16H2,1-2H3. The molecule has 0 radical (unpaired) electrons. The van der Waals surface area contributed by atoms with Crippen molar-refractivity contribution in [1.82, 2.24) is 0 Å². The highest BCUT2D eigenvalue weighted by Gasteiger charge is 2.25. The van der Waals surface area contributed by atoms with Crippen molar-refractivity contribution in [1.29, 1.82) is 0 Å². The van der Waals surface area contributed by atoms with Crippen molar-refractivity contribution in [2.75, 3.05) is 9.80 Å². The molecule has 0 N–H and O–H groups in total. The maximum atomic E-state index is 2.41. The molecule has 1 heterocycles. The highest BCUT2D eigenvalue weighted by molar-refractivity contribution is 7.26. The van der Waals surface area contributed by atoms with Crippen LogP contribution in [0.1, 0.15) is 68.6 Å². The zero-order valence-corrected chi connectivity index (χ0v) is 32.0. The molecule has 1 aliphatic carbocycles. The highest BCUT2D eigenvalue weighted by atomic mass is 32.1. The third-order valence-corrected chi connectivity index (χ3v) is 12.7. The van der Waals surface area contributed by atoms with Crippen LogP contribution < -0.4 is 9.80 Å². The molecule has 1 aliphatic rings. The third-order valence-electron chi connectivity index (χ3n) is 11.6. The normalized spacial score (nSPS) is 13.7. The molecule has 0 aliphatic heterocycles. The summed E-state index contributed by atoms with van der Waals surface area (Å²) < 4.78 is 2.62. The molecule has 9 rings (SSSR count). The van der Waals surface area contributed by atoms with E-state index in [9.17, 15) is 0 Å². The topological polar surface area (TPSA) is 6.48 Å². The van der Waals surface area contributed by atoms with E-state index in [0.29, 0.717) is 5.92 Å². The maximum absolute atomic E-state index is 2.41. The van der Waals surface area contributed by atoms with Crippen LogP contribution in [0.3, 0.4) is 0 Å². The molecule has 0 unspecified atom stereocenters. The van der Waals surface area contributed by atoms with Crippen LogP contribution in [0.5, 0.6) is 0 Å². The van der Waals surface area contributed by atoms with E-state index < -0.39 is 0 Å². The van der Waals surface area contributed by atoms with Gasteiger partial charge in [-0.05, 0) is 114 Å². The summed E-state index contributed by atoms with van der Waals surface area (Å²) in [5.41, 5.74) is 10.9. The second-order valence-corrected chi connectivity index (χ2v) is 16.3. The average molecular weight is 719 g/mol. The molecule has 266 valence electrons. The van der Waals surface area contributed by atoms with E-state index >= 15 is 0 Å². The summed E-state index contributed by atoms with van der Waals surface area (Å²) >= 11 is 1.86. The Balaban J connectivity index is 1.03. The number of para-hydroxylation sites is 2. The number of fused-ring (bicyclic) bond motifs is 3. The van der Waals surface area contributed by atoms with Crippen molar-refractivity contribution in [2.45, 2.75) is 57.3 Å². The fourth-order valence-corrected chi connectivity index (χ4v) is 9.65. The largest absolute Gasteiger partial charge is 0.311 e. The summed E-state index contributed by atoms with van der Waals surface area (Å²) in [4.78, 5) is 4.79. The Morgan fingerprint density at radius 3 is 1.54 bits per heavy atom. The van der Waals surface area contributed by atoms with E-state index in [1.165, 1.54) is 86.0 Å². The number of nitrogens with zero attached hydrogens (tertiary/aromatic N) is 2. The Morgan fingerprint density at radius 2 is 0.926 bits per heavy atom. The Hall–Kier alpha value is -5.64. The Labute approximate surface area is 324 Å². The molecule has 7 aromatic carbocycles. The minimum absolute atomic E-state index is 0.197. The molecule has 0 atom stereocenters. The van der Waals surface area contributed by atoms with Crippen LogP contribution in [0.4, 0.5) is 34.1 Å². The number of anilines is 6. The van der Waals surface area contributed by atoms with Crippen LogP contribution >= 0.6 is 11.3 Å². The average Bonchev–Trinajstić information content (AvgIpc) is 3.62. The quantitative estimate of drug-likeness (QED) is 0.147. The highest BCUT2D eigenvalue weighted by Crippen LogP contribution is 2.45. The van der Waals surface area contributed by atoms with Gasteiger partial charge in [-0.2, -0.15) is 0 Å². The minimum atomic E-state index is -0.197. The first-order chi connectivity index (χ1) is 26.5. The van der Waals surface area contributed by atoms with E-state index in [1.807, 2.05) is 11.3 Å². The second kappa shape index (κ2) is 14.6. The van der Waals surface area contributed by atoms with E-state index in [1.54, 1.807) is 0 Å².